The molecule has 2 aromatic rings. The lowest BCUT2D eigenvalue weighted by Crippen LogP contribution is -2.09. The minimum atomic E-state index is -0.551. The Bertz CT molecular complexity index is 627. The summed E-state index contributed by atoms with van der Waals surface area (Å²) in [5, 5.41) is 3.00. The zero-order valence-corrected chi connectivity index (χ0v) is 11.8. The fourth-order valence-electron chi connectivity index (χ4n) is 1.96. The summed E-state index contributed by atoms with van der Waals surface area (Å²) < 4.78 is 27.6. The van der Waals surface area contributed by atoms with Crippen LogP contribution < -0.4 is 5.32 Å². The molecule has 0 unspecified atom stereocenters. The van der Waals surface area contributed by atoms with Gasteiger partial charge in [-0.2, -0.15) is 0 Å². The minimum Gasteiger partial charge on any atom is -0.365 e. The van der Waals surface area contributed by atoms with Crippen molar-refractivity contribution >= 4 is 5.82 Å². The molecule has 3 nitrogen and oxygen atoms in total. The average molecular weight is 277 g/mol. The monoisotopic (exact) mass is 277 g/mol. The molecule has 0 aliphatic rings. The highest BCUT2D eigenvalue weighted by Gasteiger charge is 2.12. The van der Waals surface area contributed by atoms with E-state index in [4.69, 9.17) is 0 Å². The van der Waals surface area contributed by atoms with Gasteiger partial charge < -0.3 is 5.32 Å². The van der Waals surface area contributed by atoms with Gasteiger partial charge in [0.2, 0.25) is 0 Å². The van der Waals surface area contributed by atoms with E-state index < -0.39 is 11.6 Å². The van der Waals surface area contributed by atoms with Crippen molar-refractivity contribution in [3.8, 4) is 0 Å². The van der Waals surface area contributed by atoms with Crippen molar-refractivity contribution < 1.29 is 8.78 Å². The highest BCUT2D eigenvalue weighted by Crippen LogP contribution is 2.19. The van der Waals surface area contributed by atoms with Gasteiger partial charge in [-0.05, 0) is 31.9 Å². The van der Waals surface area contributed by atoms with Crippen LogP contribution in [0.15, 0.2) is 18.3 Å². The van der Waals surface area contributed by atoms with Gasteiger partial charge in [-0.25, -0.2) is 18.7 Å². The molecule has 2 rings (SSSR count). The molecule has 5 heteroatoms. The predicted octanol–water partition coefficient (Wildman–Crippen LogP) is 3.55. The van der Waals surface area contributed by atoms with Crippen molar-refractivity contribution in [3.05, 3.63) is 52.5 Å². The third-order valence-corrected chi connectivity index (χ3v) is 3.18. The van der Waals surface area contributed by atoms with Gasteiger partial charge in [-0.1, -0.05) is 13.0 Å². The number of aryl methyl sites for hydroxylation is 3. The molecule has 1 aromatic carbocycles. The Labute approximate surface area is 117 Å². The SMILES string of the molecule is CCc1cnc(C)nc1NCc1c(F)ccc(C)c1F. The number of benzene rings is 1. The smallest absolute Gasteiger partial charge is 0.134 e. The first kappa shape index (κ1) is 14.4. The topological polar surface area (TPSA) is 37.8 Å². The molecule has 0 amide bonds. The summed E-state index contributed by atoms with van der Waals surface area (Å²) in [6.07, 6.45) is 2.48. The van der Waals surface area contributed by atoms with E-state index in [9.17, 15) is 8.78 Å². The van der Waals surface area contributed by atoms with E-state index in [0.717, 1.165) is 12.0 Å². The van der Waals surface area contributed by atoms with Gasteiger partial charge in [0.1, 0.15) is 23.3 Å². The highest BCUT2D eigenvalue weighted by atomic mass is 19.1. The van der Waals surface area contributed by atoms with Gasteiger partial charge >= 0.3 is 0 Å². The summed E-state index contributed by atoms with van der Waals surface area (Å²) in [6.45, 7) is 5.43. The number of aromatic nitrogens is 2. The Morgan fingerprint density at radius 1 is 1.20 bits per heavy atom. The van der Waals surface area contributed by atoms with Crippen LogP contribution in [0.3, 0.4) is 0 Å². The van der Waals surface area contributed by atoms with E-state index in [-0.39, 0.29) is 12.1 Å². The van der Waals surface area contributed by atoms with Gasteiger partial charge in [0, 0.05) is 23.9 Å². The van der Waals surface area contributed by atoms with E-state index >= 15 is 0 Å². The van der Waals surface area contributed by atoms with Gasteiger partial charge in [0.15, 0.2) is 0 Å². The number of halogens is 2. The molecule has 0 bridgehead atoms. The van der Waals surface area contributed by atoms with E-state index in [1.165, 1.54) is 12.1 Å². The zero-order valence-electron chi connectivity index (χ0n) is 11.8. The van der Waals surface area contributed by atoms with E-state index in [0.29, 0.717) is 17.2 Å². The van der Waals surface area contributed by atoms with Crippen molar-refractivity contribution in [1.82, 2.24) is 9.97 Å². The first-order valence-corrected chi connectivity index (χ1v) is 6.52. The molecule has 0 radical (unpaired) electrons. The Morgan fingerprint density at radius 2 is 1.95 bits per heavy atom. The maximum atomic E-state index is 13.9. The molecule has 0 aliphatic heterocycles. The molecular formula is C15H17F2N3. The number of nitrogens with one attached hydrogen (secondary N) is 1. The first-order chi connectivity index (χ1) is 9.52. The molecular weight excluding hydrogens is 260 g/mol. The Hall–Kier alpha value is -2.04. The standard InChI is InChI=1S/C15H17F2N3/c1-4-11-7-18-10(3)20-15(11)19-8-12-13(16)6-5-9(2)14(12)17/h5-7H,4,8H2,1-3H3,(H,18,19,20). The average Bonchev–Trinajstić information content (AvgIpc) is 2.43. The maximum absolute atomic E-state index is 13.9. The molecule has 20 heavy (non-hydrogen) atoms. The number of hydrogen-bond donors (Lipinski definition) is 1. The van der Waals surface area contributed by atoms with E-state index in [2.05, 4.69) is 15.3 Å². The van der Waals surface area contributed by atoms with Crippen LogP contribution in [0.5, 0.6) is 0 Å². The third kappa shape index (κ3) is 2.92. The van der Waals surface area contributed by atoms with Crippen LogP contribution in [0.1, 0.15) is 29.4 Å². The van der Waals surface area contributed by atoms with E-state index in [1.807, 2.05) is 6.92 Å². The van der Waals surface area contributed by atoms with Gasteiger partial charge in [-0.3, -0.25) is 0 Å². The Balaban J connectivity index is 2.25. The lowest BCUT2D eigenvalue weighted by atomic mass is 10.1. The second-order valence-electron chi connectivity index (χ2n) is 4.65. The van der Waals surface area contributed by atoms with Crippen LogP contribution in [-0.2, 0) is 13.0 Å². The molecule has 1 aromatic heterocycles. The largest absolute Gasteiger partial charge is 0.365 e. The molecule has 106 valence electrons. The lowest BCUT2D eigenvalue weighted by molar-refractivity contribution is 0.554. The zero-order chi connectivity index (χ0) is 14.7. The Kier molecular flexibility index (Phi) is 4.27. The van der Waals surface area contributed by atoms with E-state index in [1.54, 1.807) is 20.0 Å². The number of nitrogens with zero attached hydrogens (tertiary/aromatic N) is 2. The molecule has 0 aliphatic carbocycles. The molecule has 1 N–H and O–H groups in total. The number of rotatable bonds is 4. The van der Waals surface area contributed by atoms with Crippen LogP contribution in [0.4, 0.5) is 14.6 Å². The fraction of sp³-hybridized carbons (Fsp3) is 0.333. The van der Waals surface area contributed by atoms with Gasteiger partial charge in [0.25, 0.3) is 0 Å². The third-order valence-electron chi connectivity index (χ3n) is 3.18. The second kappa shape index (κ2) is 5.94. The van der Waals surface area contributed by atoms with Gasteiger partial charge in [0.05, 0.1) is 0 Å². The quantitative estimate of drug-likeness (QED) is 0.928. The molecule has 0 atom stereocenters. The summed E-state index contributed by atoms with van der Waals surface area (Å²) >= 11 is 0. The van der Waals surface area contributed by atoms with Crippen molar-refractivity contribution in [2.75, 3.05) is 5.32 Å². The summed E-state index contributed by atoms with van der Waals surface area (Å²) in [6, 6.07) is 2.71. The second-order valence-corrected chi connectivity index (χ2v) is 4.65. The number of anilines is 1. The van der Waals surface area contributed by atoms with Crippen molar-refractivity contribution in [2.24, 2.45) is 0 Å². The van der Waals surface area contributed by atoms with Crippen LogP contribution in [-0.4, -0.2) is 9.97 Å². The normalized spacial score (nSPS) is 10.7. The Morgan fingerprint density at radius 3 is 2.65 bits per heavy atom. The number of hydrogen-bond acceptors (Lipinski definition) is 3. The van der Waals surface area contributed by atoms with Crippen LogP contribution >= 0.6 is 0 Å². The van der Waals surface area contributed by atoms with Crippen molar-refractivity contribution in [2.45, 2.75) is 33.7 Å². The summed E-state index contributed by atoms with van der Waals surface area (Å²) in [4.78, 5) is 8.39. The summed E-state index contributed by atoms with van der Waals surface area (Å²) in [5.74, 6) is 0.181. The fourth-order valence-corrected chi connectivity index (χ4v) is 1.96. The van der Waals surface area contributed by atoms with Crippen LogP contribution in [0.2, 0.25) is 0 Å². The molecule has 0 spiro atoms. The minimum absolute atomic E-state index is 0.0309. The summed E-state index contributed by atoms with van der Waals surface area (Å²) in [7, 11) is 0. The molecule has 0 saturated carbocycles. The first-order valence-electron chi connectivity index (χ1n) is 6.52. The van der Waals surface area contributed by atoms with Crippen molar-refractivity contribution in [1.29, 1.82) is 0 Å². The van der Waals surface area contributed by atoms with Gasteiger partial charge in [-0.15, -0.1) is 0 Å². The van der Waals surface area contributed by atoms with Crippen molar-refractivity contribution in [3.63, 3.8) is 0 Å². The predicted molar refractivity (Wildman–Crippen MR) is 74.6 cm³/mol. The maximum Gasteiger partial charge on any atom is 0.134 e. The highest BCUT2D eigenvalue weighted by molar-refractivity contribution is 5.44. The van der Waals surface area contributed by atoms with Crippen LogP contribution in [0.25, 0.3) is 0 Å². The molecule has 0 saturated heterocycles. The summed E-state index contributed by atoms with van der Waals surface area (Å²) in [5.41, 5.74) is 1.38. The van der Waals surface area contributed by atoms with Crippen LogP contribution in [0, 0.1) is 25.5 Å². The molecule has 0 fully saturated rings. The molecule has 1 heterocycles. The lowest BCUT2D eigenvalue weighted by Gasteiger charge is -2.12.